The van der Waals surface area contributed by atoms with Gasteiger partial charge in [-0.2, -0.15) is 12.1 Å². The first-order chi connectivity index (χ1) is 21.2. The fraction of sp³-hybridized carbons (Fsp3) is 0.195. The predicted octanol–water partition coefficient (Wildman–Crippen LogP) is 10.1. The first-order valence-corrected chi connectivity index (χ1v) is 15.1. The molecule has 3 aromatic carbocycles. The normalized spacial score (nSPS) is 12.6. The third-order valence-corrected chi connectivity index (χ3v) is 8.08. The largest absolute Gasteiger partial charge is 0.318 e. The Labute approximate surface area is 281 Å². The molecule has 0 unspecified atom stereocenters. The van der Waals surface area contributed by atoms with Gasteiger partial charge in [0.1, 0.15) is 0 Å². The molecule has 7 rings (SSSR count). The van der Waals surface area contributed by atoms with E-state index in [-0.39, 0.29) is 25.5 Å². The summed E-state index contributed by atoms with van der Waals surface area (Å²) in [6.07, 6.45) is 6.73. The van der Waals surface area contributed by atoms with E-state index in [0.717, 1.165) is 29.1 Å². The Morgan fingerprint density at radius 2 is 1.40 bits per heavy atom. The molecule has 1 aliphatic carbocycles. The summed E-state index contributed by atoms with van der Waals surface area (Å²) in [4.78, 5) is 13.4. The number of nitrogens with zero attached hydrogens (tertiary/aromatic N) is 3. The maximum atomic E-state index is 4.61. The summed E-state index contributed by atoms with van der Waals surface area (Å²) < 4.78 is 0. The predicted molar refractivity (Wildman–Crippen MR) is 181 cm³/mol. The SMILES string of the molecule is CC(C)(C)Cc1ccc(-c2ccnc(-c3[c-]cccc3)c2)cc1.CC1(C)c2ccccc2-c2cc(-c3[c-]cccn3)ncc21.[Ir]. The van der Waals surface area contributed by atoms with E-state index >= 15 is 0 Å². The van der Waals surface area contributed by atoms with Crippen LogP contribution in [0.5, 0.6) is 0 Å². The van der Waals surface area contributed by atoms with E-state index in [1.54, 1.807) is 6.20 Å². The van der Waals surface area contributed by atoms with Gasteiger partial charge < -0.3 is 9.97 Å². The van der Waals surface area contributed by atoms with Crippen molar-refractivity contribution in [2.75, 3.05) is 0 Å². The molecule has 3 nitrogen and oxygen atoms in total. The number of aromatic nitrogens is 3. The van der Waals surface area contributed by atoms with Gasteiger partial charge in [-0.15, -0.1) is 42.0 Å². The Balaban J connectivity index is 0.000000174. The van der Waals surface area contributed by atoms with Crippen LogP contribution in [0.25, 0.3) is 44.9 Å². The van der Waals surface area contributed by atoms with Crippen molar-refractivity contribution in [3.63, 3.8) is 0 Å². The van der Waals surface area contributed by atoms with Crippen LogP contribution in [-0.2, 0) is 31.9 Å². The van der Waals surface area contributed by atoms with Crippen LogP contribution in [0.4, 0.5) is 0 Å². The molecule has 0 spiro atoms. The second-order valence-corrected chi connectivity index (χ2v) is 13.1. The minimum absolute atomic E-state index is 0. The zero-order chi connectivity index (χ0) is 30.7. The molecule has 6 aromatic rings. The molecule has 0 saturated carbocycles. The van der Waals surface area contributed by atoms with Gasteiger partial charge in [-0.05, 0) is 80.1 Å². The summed E-state index contributed by atoms with van der Waals surface area (Å²) in [5, 5.41) is 0. The minimum Gasteiger partial charge on any atom is -0.318 e. The van der Waals surface area contributed by atoms with E-state index in [4.69, 9.17) is 0 Å². The van der Waals surface area contributed by atoms with E-state index in [2.05, 4.69) is 128 Å². The maximum absolute atomic E-state index is 4.61. The van der Waals surface area contributed by atoms with Gasteiger partial charge in [0.15, 0.2) is 0 Å². The van der Waals surface area contributed by atoms with E-state index in [1.165, 1.54) is 38.9 Å². The fourth-order valence-corrected chi connectivity index (χ4v) is 5.92. The quantitative estimate of drug-likeness (QED) is 0.168. The number of hydrogen-bond donors (Lipinski definition) is 0. The average molecular weight is 764 g/mol. The third kappa shape index (κ3) is 7.20. The van der Waals surface area contributed by atoms with Gasteiger partial charge >= 0.3 is 0 Å². The minimum atomic E-state index is 0. The van der Waals surface area contributed by atoms with Gasteiger partial charge in [0.05, 0.1) is 0 Å². The van der Waals surface area contributed by atoms with Crippen molar-refractivity contribution >= 4 is 0 Å². The Morgan fingerprint density at radius 1 is 0.644 bits per heavy atom. The zero-order valence-electron chi connectivity index (χ0n) is 26.4. The van der Waals surface area contributed by atoms with Gasteiger partial charge in [-0.1, -0.05) is 95.3 Å². The standard InChI is InChI=1S/C22H22N.C19H15N2.Ir/c1-22(2,3)16-17-9-11-18(12-10-17)20-13-14-23-21(15-20)19-7-5-4-6-8-19;1-19(2)15-8-4-3-7-13(15)14-11-18(21-12-16(14)19)17-9-5-6-10-20-17;/h4-7,9-15H,16H2,1-3H3;3-8,10-12H,1-2H3;/q2*-1;. The van der Waals surface area contributed by atoms with Crippen LogP contribution in [-0.4, -0.2) is 15.0 Å². The Kier molecular flexibility index (Phi) is 9.58. The molecule has 3 heterocycles. The van der Waals surface area contributed by atoms with Crippen molar-refractivity contribution in [3.05, 3.63) is 151 Å². The molecule has 45 heavy (non-hydrogen) atoms. The molecule has 3 aromatic heterocycles. The summed E-state index contributed by atoms with van der Waals surface area (Å²) in [5.74, 6) is 0. The number of benzene rings is 3. The molecular weight excluding hydrogens is 727 g/mol. The van der Waals surface area contributed by atoms with Crippen LogP contribution in [0.15, 0.2) is 122 Å². The molecular formula is C41H37IrN3-2. The number of rotatable bonds is 4. The van der Waals surface area contributed by atoms with Crippen molar-refractivity contribution < 1.29 is 20.1 Å². The van der Waals surface area contributed by atoms with Crippen LogP contribution in [0.1, 0.15) is 51.3 Å². The Hall–Kier alpha value is -4.24. The first kappa shape index (κ1) is 32.2. The molecule has 0 amide bonds. The second kappa shape index (κ2) is 13.4. The average Bonchev–Trinajstić information content (AvgIpc) is 3.28. The van der Waals surface area contributed by atoms with Crippen molar-refractivity contribution in [2.24, 2.45) is 5.41 Å². The summed E-state index contributed by atoms with van der Waals surface area (Å²) in [6.45, 7) is 11.3. The van der Waals surface area contributed by atoms with E-state index in [9.17, 15) is 0 Å². The Bertz CT molecular complexity index is 1870. The van der Waals surface area contributed by atoms with Crippen molar-refractivity contribution in [1.82, 2.24) is 15.0 Å². The van der Waals surface area contributed by atoms with E-state index in [0.29, 0.717) is 5.41 Å². The molecule has 0 saturated heterocycles. The monoisotopic (exact) mass is 764 g/mol. The number of hydrogen-bond acceptors (Lipinski definition) is 3. The Morgan fingerprint density at radius 3 is 2.11 bits per heavy atom. The molecule has 0 fully saturated rings. The summed E-state index contributed by atoms with van der Waals surface area (Å²) in [6, 6.07) is 41.9. The molecule has 227 valence electrons. The molecule has 4 heteroatoms. The summed E-state index contributed by atoms with van der Waals surface area (Å²) >= 11 is 0. The van der Waals surface area contributed by atoms with Gasteiger partial charge in [0, 0.05) is 37.9 Å². The van der Waals surface area contributed by atoms with Crippen LogP contribution < -0.4 is 0 Å². The maximum Gasteiger partial charge on any atom is 0.0173 e. The van der Waals surface area contributed by atoms with Gasteiger partial charge in [0.25, 0.3) is 0 Å². The van der Waals surface area contributed by atoms with Crippen LogP contribution in [0.2, 0.25) is 0 Å². The van der Waals surface area contributed by atoms with E-state index < -0.39 is 0 Å². The smallest absolute Gasteiger partial charge is 0.0173 e. The van der Waals surface area contributed by atoms with Crippen LogP contribution >= 0.6 is 0 Å². The van der Waals surface area contributed by atoms with Crippen molar-refractivity contribution in [1.29, 1.82) is 0 Å². The van der Waals surface area contributed by atoms with Crippen LogP contribution in [0.3, 0.4) is 0 Å². The summed E-state index contributed by atoms with van der Waals surface area (Å²) in [5.41, 5.74) is 13.0. The number of fused-ring (bicyclic) bond motifs is 3. The molecule has 0 aliphatic heterocycles. The number of pyridine rings is 3. The zero-order valence-corrected chi connectivity index (χ0v) is 28.8. The van der Waals surface area contributed by atoms with Crippen LogP contribution in [0, 0.1) is 17.5 Å². The second-order valence-electron chi connectivity index (χ2n) is 13.1. The van der Waals surface area contributed by atoms with Gasteiger partial charge in [0.2, 0.25) is 0 Å². The van der Waals surface area contributed by atoms with Crippen molar-refractivity contribution in [2.45, 2.75) is 46.5 Å². The van der Waals surface area contributed by atoms with Gasteiger partial charge in [-0.3, -0.25) is 4.98 Å². The molecule has 1 radical (unpaired) electrons. The molecule has 0 bridgehead atoms. The first-order valence-electron chi connectivity index (χ1n) is 15.1. The summed E-state index contributed by atoms with van der Waals surface area (Å²) in [7, 11) is 0. The topological polar surface area (TPSA) is 38.7 Å². The van der Waals surface area contributed by atoms with Crippen molar-refractivity contribution in [3.8, 4) is 44.9 Å². The fourth-order valence-electron chi connectivity index (χ4n) is 5.92. The molecule has 0 N–H and O–H groups in total. The molecule has 1 aliphatic rings. The van der Waals surface area contributed by atoms with E-state index in [1.807, 2.05) is 48.8 Å². The third-order valence-electron chi connectivity index (χ3n) is 8.08. The van der Waals surface area contributed by atoms with Gasteiger partial charge in [-0.25, -0.2) is 0 Å². The molecule has 0 atom stereocenters.